The zero-order chi connectivity index (χ0) is 15.3. The van der Waals surface area contributed by atoms with E-state index in [1.165, 1.54) is 16.0 Å². The molecule has 0 saturated heterocycles. The van der Waals surface area contributed by atoms with E-state index >= 15 is 0 Å². The molecule has 0 fully saturated rings. The lowest BCUT2D eigenvalue weighted by Crippen LogP contribution is -2.46. The standard InChI is InChI=1S/C17H26N2S/c1-12(2)19-17(6,11-18)10-15(5)20-16-8-7-13(3)14(4)9-16/h7-9,12,15,19H,10H2,1-6H3. The Morgan fingerprint density at radius 2 is 1.90 bits per heavy atom. The van der Waals surface area contributed by atoms with E-state index in [0.717, 1.165) is 6.42 Å². The first-order valence-electron chi connectivity index (χ1n) is 7.18. The molecule has 1 aromatic rings. The molecule has 0 aromatic heterocycles. The normalized spacial score (nSPS) is 15.7. The van der Waals surface area contributed by atoms with E-state index in [0.29, 0.717) is 11.3 Å². The number of nitrogens with one attached hydrogen (secondary N) is 1. The molecule has 2 atom stereocenters. The number of rotatable bonds is 6. The average Bonchev–Trinajstić information content (AvgIpc) is 2.32. The highest BCUT2D eigenvalue weighted by molar-refractivity contribution is 7.99. The number of benzene rings is 1. The maximum absolute atomic E-state index is 9.41. The molecule has 0 spiro atoms. The molecule has 1 rings (SSSR count). The first kappa shape index (κ1) is 17.1. The molecule has 0 bridgehead atoms. The minimum atomic E-state index is -0.458. The number of nitriles is 1. The smallest absolute Gasteiger partial charge is 0.105 e. The van der Waals surface area contributed by atoms with Crippen molar-refractivity contribution < 1.29 is 0 Å². The van der Waals surface area contributed by atoms with Crippen LogP contribution in [0, 0.1) is 25.2 Å². The highest BCUT2D eigenvalue weighted by Crippen LogP contribution is 2.30. The maximum atomic E-state index is 9.41. The lowest BCUT2D eigenvalue weighted by molar-refractivity contribution is 0.382. The van der Waals surface area contributed by atoms with Crippen molar-refractivity contribution in [3.05, 3.63) is 29.3 Å². The molecular formula is C17H26N2S. The SMILES string of the molecule is Cc1ccc(SC(C)CC(C)(C#N)NC(C)C)cc1C. The van der Waals surface area contributed by atoms with Crippen molar-refractivity contribution in [2.75, 3.05) is 0 Å². The average molecular weight is 290 g/mol. The molecular weight excluding hydrogens is 264 g/mol. The van der Waals surface area contributed by atoms with E-state index in [9.17, 15) is 5.26 Å². The fourth-order valence-electron chi connectivity index (χ4n) is 2.41. The van der Waals surface area contributed by atoms with E-state index in [1.54, 1.807) is 0 Å². The fraction of sp³-hybridized carbons (Fsp3) is 0.588. The van der Waals surface area contributed by atoms with Crippen LogP contribution in [0.15, 0.2) is 23.1 Å². The van der Waals surface area contributed by atoms with Gasteiger partial charge in [-0.2, -0.15) is 5.26 Å². The maximum Gasteiger partial charge on any atom is 0.105 e. The Morgan fingerprint density at radius 1 is 1.25 bits per heavy atom. The Morgan fingerprint density at radius 3 is 2.40 bits per heavy atom. The highest BCUT2D eigenvalue weighted by atomic mass is 32.2. The second kappa shape index (κ2) is 7.15. The van der Waals surface area contributed by atoms with Crippen LogP contribution in [0.4, 0.5) is 0 Å². The van der Waals surface area contributed by atoms with Gasteiger partial charge in [0.1, 0.15) is 5.54 Å². The number of nitrogens with zero attached hydrogens (tertiary/aromatic N) is 1. The lowest BCUT2D eigenvalue weighted by Gasteiger charge is -2.28. The molecule has 0 heterocycles. The molecule has 110 valence electrons. The van der Waals surface area contributed by atoms with E-state index < -0.39 is 5.54 Å². The predicted molar refractivity (Wildman–Crippen MR) is 88.1 cm³/mol. The third-order valence-electron chi connectivity index (χ3n) is 3.37. The summed E-state index contributed by atoms with van der Waals surface area (Å²) < 4.78 is 0. The topological polar surface area (TPSA) is 35.8 Å². The number of hydrogen-bond acceptors (Lipinski definition) is 3. The largest absolute Gasteiger partial charge is 0.297 e. The summed E-state index contributed by atoms with van der Waals surface area (Å²) in [6.07, 6.45) is 0.833. The van der Waals surface area contributed by atoms with Gasteiger partial charge in [-0.25, -0.2) is 0 Å². The number of hydrogen-bond donors (Lipinski definition) is 1. The van der Waals surface area contributed by atoms with Gasteiger partial charge in [0.25, 0.3) is 0 Å². The molecule has 2 nitrogen and oxygen atoms in total. The Hall–Kier alpha value is -0.980. The van der Waals surface area contributed by atoms with Crippen LogP contribution < -0.4 is 5.32 Å². The van der Waals surface area contributed by atoms with Gasteiger partial charge >= 0.3 is 0 Å². The highest BCUT2D eigenvalue weighted by Gasteiger charge is 2.27. The van der Waals surface area contributed by atoms with Gasteiger partial charge in [0, 0.05) is 16.2 Å². The summed E-state index contributed by atoms with van der Waals surface area (Å²) in [4.78, 5) is 1.28. The summed E-state index contributed by atoms with van der Waals surface area (Å²) in [6.45, 7) is 12.6. The quantitative estimate of drug-likeness (QED) is 0.786. The minimum absolute atomic E-state index is 0.318. The molecule has 0 aliphatic carbocycles. The van der Waals surface area contributed by atoms with Gasteiger partial charge in [-0.1, -0.05) is 13.0 Å². The van der Waals surface area contributed by atoms with Crippen molar-refractivity contribution in [3.8, 4) is 6.07 Å². The second-order valence-electron chi connectivity index (χ2n) is 6.12. The number of aryl methyl sites for hydroxylation is 2. The molecule has 0 aliphatic heterocycles. The van der Waals surface area contributed by atoms with Gasteiger partial charge in [0.05, 0.1) is 6.07 Å². The van der Waals surface area contributed by atoms with Crippen molar-refractivity contribution in [1.29, 1.82) is 5.26 Å². The molecule has 0 radical (unpaired) electrons. The lowest BCUT2D eigenvalue weighted by atomic mass is 9.97. The zero-order valence-electron chi connectivity index (χ0n) is 13.4. The van der Waals surface area contributed by atoms with Crippen LogP contribution in [0.5, 0.6) is 0 Å². The Labute approximate surface area is 128 Å². The van der Waals surface area contributed by atoms with Gasteiger partial charge in [0.2, 0.25) is 0 Å². The van der Waals surface area contributed by atoms with Gasteiger partial charge < -0.3 is 0 Å². The van der Waals surface area contributed by atoms with Gasteiger partial charge in [-0.3, -0.25) is 5.32 Å². The second-order valence-corrected chi connectivity index (χ2v) is 7.63. The van der Waals surface area contributed by atoms with Gasteiger partial charge in [-0.05, 0) is 64.3 Å². The van der Waals surface area contributed by atoms with Crippen molar-refractivity contribution >= 4 is 11.8 Å². The fourth-order valence-corrected chi connectivity index (χ4v) is 3.68. The molecule has 0 aliphatic rings. The van der Waals surface area contributed by atoms with E-state index in [-0.39, 0.29) is 0 Å². The molecule has 2 unspecified atom stereocenters. The van der Waals surface area contributed by atoms with Gasteiger partial charge in [0.15, 0.2) is 0 Å². The first-order chi connectivity index (χ1) is 9.25. The van der Waals surface area contributed by atoms with Crippen molar-refractivity contribution in [1.82, 2.24) is 5.32 Å². The molecule has 0 amide bonds. The van der Waals surface area contributed by atoms with Crippen molar-refractivity contribution in [2.24, 2.45) is 0 Å². The van der Waals surface area contributed by atoms with Crippen LogP contribution in [-0.4, -0.2) is 16.8 Å². The Balaban J connectivity index is 2.69. The summed E-state index contributed by atoms with van der Waals surface area (Å²) in [5, 5.41) is 13.2. The van der Waals surface area contributed by atoms with Crippen LogP contribution in [0.2, 0.25) is 0 Å². The summed E-state index contributed by atoms with van der Waals surface area (Å²) in [5.41, 5.74) is 2.19. The minimum Gasteiger partial charge on any atom is -0.297 e. The number of thioether (sulfide) groups is 1. The van der Waals surface area contributed by atoms with Crippen LogP contribution in [0.1, 0.15) is 45.2 Å². The van der Waals surface area contributed by atoms with E-state index in [1.807, 2.05) is 18.7 Å². The third kappa shape index (κ3) is 5.19. The van der Waals surface area contributed by atoms with Crippen LogP contribution in [0.25, 0.3) is 0 Å². The molecule has 1 aromatic carbocycles. The third-order valence-corrected chi connectivity index (χ3v) is 4.46. The summed E-state index contributed by atoms with van der Waals surface area (Å²) >= 11 is 1.84. The summed E-state index contributed by atoms with van der Waals surface area (Å²) in [5.74, 6) is 0. The van der Waals surface area contributed by atoms with Crippen LogP contribution in [-0.2, 0) is 0 Å². The predicted octanol–water partition coefficient (Wildman–Crippen LogP) is 4.45. The van der Waals surface area contributed by atoms with Crippen LogP contribution in [0.3, 0.4) is 0 Å². The molecule has 1 N–H and O–H groups in total. The van der Waals surface area contributed by atoms with E-state index in [4.69, 9.17) is 0 Å². The summed E-state index contributed by atoms with van der Waals surface area (Å²) in [6, 6.07) is 9.31. The first-order valence-corrected chi connectivity index (χ1v) is 8.06. The monoisotopic (exact) mass is 290 g/mol. The zero-order valence-corrected chi connectivity index (χ0v) is 14.3. The molecule has 0 saturated carbocycles. The van der Waals surface area contributed by atoms with Crippen molar-refractivity contribution in [3.63, 3.8) is 0 Å². The Bertz CT molecular complexity index is 490. The Kier molecular flexibility index (Phi) is 6.10. The summed E-state index contributed by atoms with van der Waals surface area (Å²) in [7, 11) is 0. The van der Waals surface area contributed by atoms with Crippen molar-refractivity contribution in [2.45, 2.75) is 69.7 Å². The molecule has 3 heteroatoms. The van der Waals surface area contributed by atoms with Crippen LogP contribution >= 0.6 is 11.8 Å². The van der Waals surface area contributed by atoms with Gasteiger partial charge in [-0.15, -0.1) is 11.8 Å². The molecule has 20 heavy (non-hydrogen) atoms. The van der Waals surface area contributed by atoms with E-state index in [2.05, 4.69) is 64.2 Å².